The normalized spacial score (nSPS) is 19.0. The van der Waals surface area contributed by atoms with Gasteiger partial charge in [0.25, 0.3) is 0 Å². The monoisotopic (exact) mass is 709 g/mol. The largest absolute Gasteiger partial charge is 0.462 e. The molecule has 1 rings (SSSR count). The van der Waals surface area contributed by atoms with Gasteiger partial charge >= 0.3 is 11.9 Å². The van der Waals surface area contributed by atoms with Crippen LogP contribution >= 0.6 is 0 Å². The predicted molar refractivity (Wildman–Crippen MR) is 202 cm³/mol. The number of Topliss-reactive ketones (excluding diaryl/α,β-unsaturated/α-hetero) is 1. The first-order chi connectivity index (χ1) is 24.2. The Balaban J connectivity index is 2.06. The van der Waals surface area contributed by atoms with Crippen LogP contribution in [0.25, 0.3) is 0 Å². The molecule has 0 radical (unpaired) electrons. The average molecular weight is 709 g/mol. The van der Waals surface area contributed by atoms with Crippen molar-refractivity contribution < 1.29 is 39.2 Å². The molecule has 0 amide bonds. The molecule has 0 aromatic carbocycles. The number of hydrogen-bond donors (Lipinski definition) is 3. The predicted octanol–water partition coefficient (Wildman–Crippen LogP) is 9.35. The minimum absolute atomic E-state index is 0.0335. The van der Waals surface area contributed by atoms with E-state index in [9.17, 15) is 29.7 Å². The Kier molecular flexibility index (Phi) is 28.5. The summed E-state index contributed by atoms with van der Waals surface area (Å²) in [5.41, 5.74) is 0. The Morgan fingerprint density at radius 3 is 1.84 bits per heavy atom. The molecule has 292 valence electrons. The standard InChI is InChI=1S/C42H76O8/c1-4-5-19-25-35(44)29-30-38-37(39(45)31-40(38)46)26-21-17-18-23-28-42(48)50-36(32-43)33-49-41(47)27-22-16-14-12-10-8-6-7-9-11-13-15-20-24-34(2)3/h29-30,34-39,43-45H,4-28,31-33H2,1-3H3/b30-29+/t35-,36-,37+,38+,39-/m0/s1. The van der Waals surface area contributed by atoms with Crippen molar-refractivity contribution >= 4 is 17.7 Å². The molecule has 0 saturated heterocycles. The molecule has 1 aliphatic carbocycles. The smallest absolute Gasteiger partial charge is 0.306 e. The Labute approximate surface area is 305 Å². The highest BCUT2D eigenvalue weighted by molar-refractivity contribution is 5.86. The molecule has 5 atom stereocenters. The van der Waals surface area contributed by atoms with Gasteiger partial charge in [-0.05, 0) is 37.5 Å². The molecular weight excluding hydrogens is 632 g/mol. The van der Waals surface area contributed by atoms with Gasteiger partial charge in [-0.3, -0.25) is 14.4 Å². The number of ketones is 1. The second-order valence-corrected chi connectivity index (χ2v) is 15.3. The van der Waals surface area contributed by atoms with E-state index in [0.29, 0.717) is 19.3 Å². The first-order valence-electron chi connectivity index (χ1n) is 20.7. The lowest BCUT2D eigenvalue weighted by Gasteiger charge is -2.19. The van der Waals surface area contributed by atoms with Crippen molar-refractivity contribution in [3.05, 3.63) is 12.2 Å². The topological polar surface area (TPSA) is 130 Å². The molecule has 0 aromatic rings. The molecule has 3 N–H and O–H groups in total. The van der Waals surface area contributed by atoms with Gasteiger partial charge in [0.15, 0.2) is 6.10 Å². The van der Waals surface area contributed by atoms with Crippen molar-refractivity contribution in [3.8, 4) is 0 Å². The lowest BCUT2D eigenvalue weighted by molar-refractivity contribution is -0.161. The highest BCUT2D eigenvalue weighted by Crippen LogP contribution is 2.34. The van der Waals surface area contributed by atoms with Gasteiger partial charge in [0.2, 0.25) is 0 Å². The van der Waals surface area contributed by atoms with Crippen LogP contribution in [0.5, 0.6) is 0 Å². The molecule has 8 nitrogen and oxygen atoms in total. The van der Waals surface area contributed by atoms with Gasteiger partial charge in [-0.25, -0.2) is 0 Å². The summed E-state index contributed by atoms with van der Waals surface area (Å²) in [6, 6.07) is 0. The molecule has 1 saturated carbocycles. The first-order valence-corrected chi connectivity index (χ1v) is 20.7. The number of carbonyl (C=O) groups is 3. The van der Waals surface area contributed by atoms with E-state index in [1.165, 1.54) is 70.6 Å². The summed E-state index contributed by atoms with van der Waals surface area (Å²) in [6.07, 6.45) is 27.5. The number of allylic oxidation sites excluding steroid dienone is 1. The average Bonchev–Trinajstić information content (AvgIpc) is 3.35. The van der Waals surface area contributed by atoms with Crippen LogP contribution in [-0.4, -0.2) is 64.6 Å². The molecule has 0 spiro atoms. The summed E-state index contributed by atoms with van der Waals surface area (Å²) in [6.45, 7) is 6.19. The number of unbranched alkanes of at least 4 members (excludes halogenated alkanes) is 17. The summed E-state index contributed by atoms with van der Waals surface area (Å²) in [5.74, 6) is -0.359. The quantitative estimate of drug-likeness (QED) is 0.0349. The number of aliphatic hydroxyl groups is 3. The van der Waals surface area contributed by atoms with Crippen LogP contribution in [0.15, 0.2) is 12.2 Å². The minimum atomic E-state index is -0.854. The van der Waals surface area contributed by atoms with Gasteiger partial charge in [-0.1, -0.05) is 155 Å². The van der Waals surface area contributed by atoms with Gasteiger partial charge in [-0.2, -0.15) is 0 Å². The van der Waals surface area contributed by atoms with Gasteiger partial charge in [-0.15, -0.1) is 0 Å². The Morgan fingerprint density at radius 2 is 1.28 bits per heavy atom. The zero-order valence-corrected chi connectivity index (χ0v) is 32.3. The molecule has 0 unspecified atom stereocenters. The van der Waals surface area contributed by atoms with Crippen LogP contribution < -0.4 is 0 Å². The molecule has 0 aliphatic heterocycles. The summed E-state index contributed by atoms with van der Waals surface area (Å²) < 4.78 is 10.6. The van der Waals surface area contributed by atoms with E-state index in [1.807, 2.05) is 0 Å². The fourth-order valence-corrected chi connectivity index (χ4v) is 6.94. The van der Waals surface area contributed by atoms with Crippen LogP contribution in [-0.2, 0) is 23.9 Å². The summed E-state index contributed by atoms with van der Waals surface area (Å²) in [7, 11) is 0. The molecule has 1 fully saturated rings. The SMILES string of the molecule is CCCCC[C@H](O)/C=C/[C@H]1C(=O)C[C@H](O)[C@@H]1CCCCCCC(=O)O[C@@H](CO)COC(=O)CCCCCCCCCCCCCCCC(C)C. The number of hydrogen-bond acceptors (Lipinski definition) is 8. The highest BCUT2D eigenvalue weighted by Gasteiger charge is 2.39. The lowest BCUT2D eigenvalue weighted by atomic mass is 9.88. The van der Waals surface area contributed by atoms with Crippen molar-refractivity contribution in [3.63, 3.8) is 0 Å². The zero-order valence-electron chi connectivity index (χ0n) is 32.3. The van der Waals surface area contributed by atoms with Crippen LogP contribution in [0.2, 0.25) is 0 Å². The van der Waals surface area contributed by atoms with Gasteiger partial charge < -0.3 is 24.8 Å². The van der Waals surface area contributed by atoms with Crippen LogP contribution in [0.4, 0.5) is 0 Å². The van der Waals surface area contributed by atoms with Crippen LogP contribution in [0, 0.1) is 17.8 Å². The van der Waals surface area contributed by atoms with E-state index in [1.54, 1.807) is 12.2 Å². The summed E-state index contributed by atoms with van der Waals surface area (Å²) in [5, 5.41) is 30.2. The number of esters is 2. The van der Waals surface area contributed by atoms with E-state index in [0.717, 1.165) is 70.1 Å². The Morgan fingerprint density at radius 1 is 0.760 bits per heavy atom. The van der Waals surface area contributed by atoms with E-state index in [2.05, 4.69) is 20.8 Å². The Hall–Kier alpha value is -1.77. The highest BCUT2D eigenvalue weighted by atomic mass is 16.6. The summed E-state index contributed by atoms with van der Waals surface area (Å²) in [4.78, 5) is 36.9. The van der Waals surface area contributed by atoms with E-state index in [4.69, 9.17) is 9.47 Å². The fraction of sp³-hybridized carbons (Fsp3) is 0.881. The molecule has 8 heteroatoms. The third-order valence-electron chi connectivity index (χ3n) is 10.1. The third-order valence-corrected chi connectivity index (χ3v) is 10.1. The van der Waals surface area contributed by atoms with Crippen molar-refractivity contribution in [2.75, 3.05) is 13.2 Å². The maximum absolute atomic E-state index is 12.4. The van der Waals surface area contributed by atoms with Crippen molar-refractivity contribution in [2.45, 2.75) is 206 Å². The number of carbonyl (C=O) groups excluding carboxylic acids is 3. The second kappa shape index (κ2) is 30.8. The number of ether oxygens (including phenoxy) is 2. The van der Waals surface area contributed by atoms with Gasteiger partial charge in [0.1, 0.15) is 12.4 Å². The van der Waals surface area contributed by atoms with Crippen LogP contribution in [0.1, 0.15) is 188 Å². The van der Waals surface area contributed by atoms with Crippen molar-refractivity contribution in [1.82, 2.24) is 0 Å². The van der Waals surface area contributed by atoms with Crippen LogP contribution in [0.3, 0.4) is 0 Å². The van der Waals surface area contributed by atoms with Crippen molar-refractivity contribution in [1.29, 1.82) is 0 Å². The Bertz CT molecular complexity index is 887. The van der Waals surface area contributed by atoms with E-state index in [-0.39, 0.29) is 43.0 Å². The molecule has 50 heavy (non-hydrogen) atoms. The maximum atomic E-state index is 12.4. The molecule has 0 heterocycles. The maximum Gasteiger partial charge on any atom is 0.306 e. The first kappa shape index (κ1) is 46.3. The number of aliphatic hydroxyl groups excluding tert-OH is 3. The third kappa shape index (κ3) is 24.4. The van der Waals surface area contributed by atoms with E-state index >= 15 is 0 Å². The minimum Gasteiger partial charge on any atom is -0.462 e. The second-order valence-electron chi connectivity index (χ2n) is 15.3. The van der Waals surface area contributed by atoms with E-state index < -0.39 is 30.9 Å². The lowest BCUT2D eigenvalue weighted by Crippen LogP contribution is -2.28. The molecule has 0 aromatic heterocycles. The summed E-state index contributed by atoms with van der Waals surface area (Å²) >= 11 is 0. The van der Waals surface area contributed by atoms with Gasteiger partial charge in [0.05, 0.1) is 18.8 Å². The molecular formula is C42H76O8. The van der Waals surface area contributed by atoms with Gasteiger partial charge in [0, 0.05) is 25.2 Å². The number of rotatable bonds is 33. The van der Waals surface area contributed by atoms with Crippen molar-refractivity contribution in [2.24, 2.45) is 17.8 Å². The fourth-order valence-electron chi connectivity index (χ4n) is 6.94. The molecule has 1 aliphatic rings. The molecule has 0 bridgehead atoms. The zero-order chi connectivity index (χ0) is 36.8.